The first-order chi connectivity index (χ1) is 24.9. The molecule has 0 aromatic heterocycles. The van der Waals surface area contributed by atoms with Crippen LogP contribution in [0.15, 0.2) is 34.7 Å². The summed E-state index contributed by atoms with van der Waals surface area (Å²) in [7, 11) is 0. The first-order valence-corrected chi connectivity index (χ1v) is 16.4. The molecule has 0 heterocycles. The molecule has 0 atom stereocenters. The number of allylic oxidation sites excluding steroid dienone is 6. The van der Waals surface area contributed by atoms with Crippen LogP contribution in [-0.4, -0.2) is 79.7 Å². The van der Waals surface area contributed by atoms with Crippen molar-refractivity contribution < 1.29 is 107 Å². The Hall–Kier alpha value is -2.98. The van der Waals surface area contributed by atoms with Gasteiger partial charge in [0.2, 0.25) is 34.7 Å². The van der Waals surface area contributed by atoms with E-state index < -0.39 is 138 Å². The van der Waals surface area contributed by atoms with Gasteiger partial charge in [0.1, 0.15) is 0 Å². The van der Waals surface area contributed by atoms with Crippen LogP contribution in [-0.2, 0) is 18.9 Å². The summed E-state index contributed by atoms with van der Waals surface area (Å²) in [6, 6.07) is 0. The highest BCUT2D eigenvalue weighted by molar-refractivity contribution is 5.35. The summed E-state index contributed by atoms with van der Waals surface area (Å²) in [5.74, 6) is -72.0. The molecule has 0 aromatic rings. The van der Waals surface area contributed by atoms with Crippen molar-refractivity contribution in [2.75, 3.05) is 26.4 Å². The predicted octanol–water partition coefficient (Wildman–Crippen LogP) is 11.0. The highest BCUT2D eigenvalue weighted by atomic mass is 19.4. The van der Waals surface area contributed by atoms with Gasteiger partial charge in [0.15, 0.2) is 0 Å². The normalized spacial score (nSPS) is 33.5. The van der Waals surface area contributed by atoms with Crippen molar-refractivity contribution in [2.45, 2.75) is 105 Å². The zero-order valence-corrected chi connectivity index (χ0v) is 27.5. The summed E-state index contributed by atoms with van der Waals surface area (Å²) in [6.07, 6.45) is -1.03. The van der Waals surface area contributed by atoms with E-state index in [4.69, 9.17) is 9.47 Å². The standard InChI is InChI=1S/C31H28F20O4/c32-17-19(25(38,39)29(46,47)23(17,34)35)52-9-13-1-5-15(6-2-13)11-54-21-22(28(44,45)31(50,51)27(21,42)43)55-12-16-7-3-14(4-8-16)10-53-20-18(33)24(36,37)30(48,49)26(20,40)41/h13-16H,1-12H2. The molecule has 5 rings (SSSR count). The fourth-order valence-corrected chi connectivity index (χ4v) is 6.84. The summed E-state index contributed by atoms with van der Waals surface area (Å²) < 4.78 is 295. The largest absolute Gasteiger partial charge is 0.489 e. The molecule has 24 heteroatoms. The van der Waals surface area contributed by atoms with Crippen molar-refractivity contribution >= 4 is 0 Å². The summed E-state index contributed by atoms with van der Waals surface area (Å²) >= 11 is 0. The molecule has 0 aliphatic heterocycles. The van der Waals surface area contributed by atoms with E-state index in [1.807, 2.05) is 0 Å². The third-order valence-electron chi connectivity index (χ3n) is 10.4. The molecule has 0 unspecified atom stereocenters. The molecule has 316 valence electrons. The number of hydrogen-bond donors (Lipinski definition) is 0. The minimum absolute atomic E-state index is 0.126. The second-order valence-corrected chi connectivity index (χ2v) is 14.1. The molecular formula is C31H28F20O4. The summed E-state index contributed by atoms with van der Waals surface area (Å²) in [6.45, 7) is -3.74. The van der Waals surface area contributed by atoms with Crippen molar-refractivity contribution in [1.29, 1.82) is 0 Å². The molecule has 0 radical (unpaired) electrons. The molecule has 0 saturated heterocycles. The van der Waals surface area contributed by atoms with Gasteiger partial charge in [-0.25, -0.2) is 8.78 Å². The van der Waals surface area contributed by atoms with Crippen LogP contribution >= 0.6 is 0 Å². The Balaban J connectivity index is 1.15. The molecule has 0 amide bonds. The smallest absolute Gasteiger partial charge is 0.387 e. The van der Waals surface area contributed by atoms with Crippen molar-refractivity contribution in [1.82, 2.24) is 0 Å². The maximum atomic E-state index is 14.7. The highest BCUT2D eigenvalue weighted by Crippen LogP contribution is 2.62. The quantitative estimate of drug-likeness (QED) is 0.183. The lowest BCUT2D eigenvalue weighted by molar-refractivity contribution is -0.277. The summed E-state index contributed by atoms with van der Waals surface area (Å²) in [4.78, 5) is 0. The molecule has 2 fully saturated rings. The second kappa shape index (κ2) is 13.6. The molecular weight excluding hydrogens is 816 g/mol. The van der Waals surface area contributed by atoms with Crippen LogP contribution in [0.4, 0.5) is 87.8 Å². The highest BCUT2D eigenvalue weighted by Gasteiger charge is 2.85. The molecule has 55 heavy (non-hydrogen) atoms. The molecule has 5 aliphatic carbocycles. The van der Waals surface area contributed by atoms with E-state index in [0.717, 1.165) is 0 Å². The molecule has 0 spiro atoms. The van der Waals surface area contributed by atoms with Crippen LogP contribution in [0.3, 0.4) is 0 Å². The second-order valence-electron chi connectivity index (χ2n) is 14.1. The molecule has 0 bridgehead atoms. The molecule has 2 saturated carbocycles. The monoisotopic (exact) mass is 844 g/mol. The predicted molar refractivity (Wildman–Crippen MR) is 143 cm³/mol. The fraction of sp³-hybridized carbons (Fsp3) is 0.806. The van der Waals surface area contributed by atoms with Crippen LogP contribution in [0.1, 0.15) is 51.4 Å². The number of halogens is 20. The van der Waals surface area contributed by atoms with Gasteiger partial charge in [-0.2, -0.15) is 79.0 Å². The van der Waals surface area contributed by atoms with Gasteiger partial charge in [0.25, 0.3) is 0 Å². The number of ether oxygens (including phenoxy) is 4. The average molecular weight is 845 g/mol. The Morgan fingerprint density at radius 1 is 0.309 bits per heavy atom. The first-order valence-electron chi connectivity index (χ1n) is 16.4. The zero-order valence-electron chi connectivity index (χ0n) is 27.5. The Labute approximate surface area is 296 Å². The third-order valence-corrected chi connectivity index (χ3v) is 10.4. The van der Waals surface area contributed by atoms with Crippen molar-refractivity contribution in [2.24, 2.45) is 23.7 Å². The third kappa shape index (κ3) is 6.34. The van der Waals surface area contributed by atoms with Crippen LogP contribution in [0.2, 0.25) is 0 Å². The molecule has 4 nitrogen and oxygen atoms in total. The fourth-order valence-electron chi connectivity index (χ4n) is 6.84. The summed E-state index contributed by atoms with van der Waals surface area (Å²) in [5.41, 5.74) is 0. The first kappa shape index (κ1) is 43.1. The molecule has 0 N–H and O–H groups in total. The van der Waals surface area contributed by atoms with E-state index in [9.17, 15) is 87.8 Å². The van der Waals surface area contributed by atoms with Crippen LogP contribution < -0.4 is 0 Å². The Morgan fingerprint density at radius 2 is 0.491 bits per heavy atom. The van der Waals surface area contributed by atoms with Crippen molar-refractivity contribution in [3.63, 3.8) is 0 Å². The van der Waals surface area contributed by atoms with Crippen LogP contribution in [0, 0.1) is 23.7 Å². The minimum atomic E-state index is -6.13. The summed E-state index contributed by atoms with van der Waals surface area (Å²) in [5, 5.41) is 0. The van der Waals surface area contributed by atoms with Gasteiger partial charge in [-0.05, 0) is 75.0 Å². The Bertz CT molecular complexity index is 1460. The van der Waals surface area contributed by atoms with Gasteiger partial charge >= 0.3 is 53.3 Å². The number of alkyl halides is 18. The Morgan fingerprint density at radius 3 is 0.691 bits per heavy atom. The van der Waals surface area contributed by atoms with E-state index in [2.05, 4.69) is 9.47 Å². The number of hydrogen-bond acceptors (Lipinski definition) is 4. The van der Waals surface area contributed by atoms with Crippen molar-refractivity contribution in [3.8, 4) is 0 Å². The SMILES string of the molecule is FC1=C(OCC2CCC(COC3=C(OCC4CCC(COC5=C(F)C(F)(F)C(F)(F)C5(F)F)CC4)C(F)(F)C(F)(F)C3(F)F)CC2)C(F)(F)C(F)(F)C1(F)F. The van der Waals surface area contributed by atoms with E-state index in [0.29, 0.717) is 0 Å². The minimum Gasteiger partial charge on any atom is -0.489 e. The van der Waals surface area contributed by atoms with Gasteiger partial charge in [0.05, 0.1) is 26.4 Å². The average Bonchev–Trinajstić information content (AvgIpc) is 3.29. The zero-order chi connectivity index (χ0) is 41.6. The molecule has 0 aromatic carbocycles. The van der Waals surface area contributed by atoms with Gasteiger partial charge in [-0.3, -0.25) is 0 Å². The van der Waals surface area contributed by atoms with Crippen LogP contribution in [0.5, 0.6) is 0 Å². The topological polar surface area (TPSA) is 36.9 Å². The van der Waals surface area contributed by atoms with Gasteiger partial charge in [0, 0.05) is 0 Å². The van der Waals surface area contributed by atoms with E-state index in [-0.39, 0.29) is 51.4 Å². The van der Waals surface area contributed by atoms with E-state index >= 15 is 0 Å². The van der Waals surface area contributed by atoms with Gasteiger partial charge in [-0.15, -0.1) is 0 Å². The van der Waals surface area contributed by atoms with Crippen LogP contribution in [0.25, 0.3) is 0 Å². The lowest BCUT2D eigenvalue weighted by Gasteiger charge is -2.30. The Kier molecular flexibility index (Phi) is 10.6. The lowest BCUT2D eigenvalue weighted by atomic mass is 9.83. The molecule has 5 aliphatic rings. The van der Waals surface area contributed by atoms with Gasteiger partial charge < -0.3 is 18.9 Å². The maximum absolute atomic E-state index is 14.7. The lowest BCUT2D eigenvalue weighted by Crippen LogP contribution is -2.49. The van der Waals surface area contributed by atoms with Gasteiger partial charge in [-0.1, -0.05) is 0 Å². The van der Waals surface area contributed by atoms with Crippen molar-refractivity contribution in [3.05, 3.63) is 34.7 Å². The number of rotatable bonds is 12. The maximum Gasteiger partial charge on any atom is 0.387 e. The van der Waals surface area contributed by atoms with E-state index in [1.54, 1.807) is 0 Å². The van der Waals surface area contributed by atoms with E-state index in [1.165, 1.54) is 0 Å².